The van der Waals surface area contributed by atoms with Gasteiger partial charge >= 0.3 is 5.97 Å². The first-order valence-electron chi connectivity index (χ1n) is 8.19. The van der Waals surface area contributed by atoms with Gasteiger partial charge in [-0.3, -0.25) is 10.1 Å². The smallest absolute Gasteiger partial charge is 0.331 e. The van der Waals surface area contributed by atoms with E-state index < -0.39 is 10.9 Å². The number of methoxy groups -OCH3 is 1. The van der Waals surface area contributed by atoms with Crippen molar-refractivity contribution in [2.24, 2.45) is 0 Å². The fourth-order valence-corrected chi connectivity index (χ4v) is 2.70. The molecule has 28 heavy (non-hydrogen) atoms. The molecule has 0 saturated heterocycles. The number of nitro benzene ring substituents is 1. The fraction of sp³-hybridized carbons (Fsp3) is 0.100. The van der Waals surface area contributed by atoms with Crippen molar-refractivity contribution < 1.29 is 19.2 Å². The quantitative estimate of drug-likeness (QED) is 0.199. The SMILES string of the molecule is COc1ccc2cc(COC(=O)/C=C/c3cccc([N+](=O)[O-])c3)c(Cl)nc2c1. The van der Waals surface area contributed by atoms with E-state index in [1.54, 1.807) is 37.4 Å². The molecule has 2 aromatic carbocycles. The monoisotopic (exact) mass is 398 g/mol. The predicted molar refractivity (Wildman–Crippen MR) is 105 cm³/mol. The number of nitro groups is 1. The van der Waals surface area contributed by atoms with Gasteiger partial charge in [0.25, 0.3) is 5.69 Å². The lowest BCUT2D eigenvalue weighted by Crippen LogP contribution is -2.02. The van der Waals surface area contributed by atoms with E-state index in [2.05, 4.69) is 4.98 Å². The number of halogens is 1. The summed E-state index contributed by atoms with van der Waals surface area (Å²) in [6.07, 6.45) is 2.65. The van der Waals surface area contributed by atoms with Crippen LogP contribution < -0.4 is 4.74 Å². The van der Waals surface area contributed by atoms with Crippen LogP contribution in [0.4, 0.5) is 5.69 Å². The molecule has 0 aliphatic heterocycles. The minimum atomic E-state index is -0.600. The van der Waals surface area contributed by atoms with Gasteiger partial charge in [-0.05, 0) is 29.8 Å². The molecule has 0 bridgehead atoms. The third-order valence-electron chi connectivity index (χ3n) is 3.91. The van der Waals surface area contributed by atoms with Crippen LogP contribution in [0.3, 0.4) is 0 Å². The Morgan fingerprint density at radius 2 is 2.07 bits per heavy atom. The van der Waals surface area contributed by atoms with Gasteiger partial charge in [0, 0.05) is 35.2 Å². The zero-order chi connectivity index (χ0) is 20.1. The van der Waals surface area contributed by atoms with Crippen LogP contribution in [-0.2, 0) is 16.1 Å². The van der Waals surface area contributed by atoms with Crippen molar-refractivity contribution in [3.05, 3.63) is 81.0 Å². The third-order valence-corrected chi connectivity index (χ3v) is 4.24. The molecule has 3 rings (SSSR count). The number of rotatable bonds is 6. The summed E-state index contributed by atoms with van der Waals surface area (Å²) >= 11 is 6.18. The second-order valence-electron chi connectivity index (χ2n) is 5.79. The number of nitrogens with zero attached hydrogens (tertiary/aromatic N) is 2. The highest BCUT2D eigenvalue weighted by Crippen LogP contribution is 2.24. The maximum Gasteiger partial charge on any atom is 0.331 e. The molecular formula is C20H15ClN2O5. The first kappa shape index (κ1) is 19.3. The predicted octanol–water partition coefficient (Wildman–Crippen LogP) is 4.56. The maximum atomic E-state index is 11.9. The Labute approximate surface area is 165 Å². The average Bonchev–Trinajstić information content (AvgIpc) is 2.70. The second-order valence-corrected chi connectivity index (χ2v) is 6.15. The van der Waals surface area contributed by atoms with Crippen LogP contribution in [0.15, 0.2) is 54.6 Å². The number of hydrogen-bond acceptors (Lipinski definition) is 6. The number of aromatic nitrogens is 1. The molecule has 1 aromatic heterocycles. The molecule has 0 amide bonds. The highest BCUT2D eigenvalue weighted by molar-refractivity contribution is 6.30. The normalized spacial score (nSPS) is 10.9. The number of hydrogen-bond donors (Lipinski definition) is 0. The van der Waals surface area contributed by atoms with Crippen molar-refractivity contribution in [1.29, 1.82) is 0 Å². The van der Waals surface area contributed by atoms with Gasteiger partial charge in [0.05, 0.1) is 17.5 Å². The summed E-state index contributed by atoms with van der Waals surface area (Å²) < 4.78 is 10.4. The molecule has 0 aliphatic carbocycles. The van der Waals surface area contributed by atoms with Crippen molar-refractivity contribution in [2.45, 2.75) is 6.61 Å². The largest absolute Gasteiger partial charge is 0.497 e. The third kappa shape index (κ3) is 4.63. The number of non-ortho nitro benzene ring substituents is 1. The summed E-state index contributed by atoms with van der Waals surface area (Å²) in [6, 6.07) is 13.1. The van der Waals surface area contributed by atoms with E-state index in [-0.39, 0.29) is 17.4 Å². The van der Waals surface area contributed by atoms with E-state index in [1.807, 2.05) is 6.07 Å². The van der Waals surface area contributed by atoms with Gasteiger partial charge in [0.2, 0.25) is 0 Å². The number of benzene rings is 2. The Kier molecular flexibility index (Phi) is 5.86. The molecule has 0 atom stereocenters. The Bertz CT molecular complexity index is 1080. The number of carbonyl (C=O) groups is 1. The van der Waals surface area contributed by atoms with Gasteiger partial charge in [-0.15, -0.1) is 0 Å². The second kappa shape index (κ2) is 8.49. The molecule has 0 fully saturated rings. The standard InChI is InChI=1S/C20H15ClN2O5/c1-27-17-7-6-14-10-15(20(21)22-18(14)11-17)12-28-19(24)8-5-13-3-2-4-16(9-13)23(25)26/h2-11H,12H2,1H3/b8-5+. The Morgan fingerprint density at radius 1 is 1.25 bits per heavy atom. The summed E-state index contributed by atoms with van der Waals surface area (Å²) in [4.78, 5) is 26.5. The molecule has 142 valence electrons. The minimum absolute atomic E-state index is 0.0497. The first-order valence-corrected chi connectivity index (χ1v) is 8.56. The van der Waals surface area contributed by atoms with Crippen LogP contribution in [0.1, 0.15) is 11.1 Å². The highest BCUT2D eigenvalue weighted by Gasteiger charge is 2.09. The van der Waals surface area contributed by atoms with Crippen molar-refractivity contribution in [2.75, 3.05) is 7.11 Å². The van der Waals surface area contributed by atoms with Crippen molar-refractivity contribution in [3.8, 4) is 5.75 Å². The topological polar surface area (TPSA) is 91.6 Å². The Morgan fingerprint density at radius 3 is 2.82 bits per heavy atom. The fourth-order valence-electron chi connectivity index (χ4n) is 2.50. The molecule has 8 heteroatoms. The maximum absolute atomic E-state index is 11.9. The highest BCUT2D eigenvalue weighted by atomic mass is 35.5. The number of carbonyl (C=O) groups excluding carboxylic acids is 1. The summed E-state index contributed by atoms with van der Waals surface area (Å²) in [6.45, 7) is -0.0497. The van der Waals surface area contributed by atoms with E-state index in [4.69, 9.17) is 21.1 Å². The van der Waals surface area contributed by atoms with Crippen LogP contribution in [0, 0.1) is 10.1 Å². The van der Waals surface area contributed by atoms with Gasteiger partial charge < -0.3 is 9.47 Å². The molecule has 0 unspecified atom stereocenters. The molecule has 0 radical (unpaired) electrons. The molecule has 3 aromatic rings. The van der Waals surface area contributed by atoms with E-state index >= 15 is 0 Å². The number of pyridine rings is 1. The van der Waals surface area contributed by atoms with Crippen LogP contribution in [0.25, 0.3) is 17.0 Å². The Hall–Kier alpha value is -3.45. The lowest BCUT2D eigenvalue weighted by molar-refractivity contribution is -0.384. The van der Waals surface area contributed by atoms with E-state index in [0.29, 0.717) is 22.4 Å². The molecule has 0 N–H and O–H groups in total. The number of esters is 1. The zero-order valence-corrected chi connectivity index (χ0v) is 15.6. The van der Waals surface area contributed by atoms with E-state index in [1.165, 1.54) is 24.3 Å². The van der Waals surface area contributed by atoms with E-state index in [9.17, 15) is 14.9 Å². The van der Waals surface area contributed by atoms with Crippen molar-refractivity contribution in [1.82, 2.24) is 4.98 Å². The number of fused-ring (bicyclic) bond motifs is 1. The average molecular weight is 399 g/mol. The summed E-state index contributed by atoms with van der Waals surface area (Å²) in [5, 5.41) is 11.8. The summed E-state index contributed by atoms with van der Waals surface area (Å²) in [5.74, 6) is 0.0685. The van der Waals surface area contributed by atoms with Crippen LogP contribution in [0.5, 0.6) is 5.75 Å². The molecule has 0 saturated carbocycles. The summed E-state index contributed by atoms with van der Waals surface area (Å²) in [7, 11) is 1.57. The van der Waals surface area contributed by atoms with Crippen molar-refractivity contribution in [3.63, 3.8) is 0 Å². The lowest BCUT2D eigenvalue weighted by Gasteiger charge is -2.07. The zero-order valence-electron chi connectivity index (χ0n) is 14.8. The van der Waals surface area contributed by atoms with Gasteiger partial charge in [-0.1, -0.05) is 23.7 Å². The molecule has 0 spiro atoms. The van der Waals surface area contributed by atoms with Crippen LogP contribution >= 0.6 is 11.6 Å². The van der Waals surface area contributed by atoms with E-state index in [0.717, 1.165) is 5.39 Å². The molecule has 0 aliphatic rings. The molecule has 1 heterocycles. The minimum Gasteiger partial charge on any atom is -0.497 e. The summed E-state index contributed by atoms with van der Waals surface area (Å²) in [5.41, 5.74) is 1.70. The van der Waals surface area contributed by atoms with Gasteiger partial charge in [0.1, 0.15) is 17.5 Å². The molecule has 7 nitrogen and oxygen atoms in total. The van der Waals surface area contributed by atoms with Gasteiger partial charge in [0.15, 0.2) is 0 Å². The van der Waals surface area contributed by atoms with Crippen LogP contribution in [0.2, 0.25) is 5.15 Å². The first-order chi connectivity index (χ1) is 13.5. The Balaban J connectivity index is 1.68. The van der Waals surface area contributed by atoms with Crippen molar-refractivity contribution >= 4 is 40.2 Å². The van der Waals surface area contributed by atoms with Crippen LogP contribution in [-0.4, -0.2) is 23.0 Å². The molecular weight excluding hydrogens is 384 g/mol. The van der Waals surface area contributed by atoms with Gasteiger partial charge in [-0.25, -0.2) is 9.78 Å². The van der Waals surface area contributed by atoms with Gasteiger partial charge in [-0.2, -0.15) is 0 Å². The number of ether oxygens (including phenoxy) is 2. The lowest BCUT2D eigenvalue weighted by atomic mass is 10.1.